The molecule has 10 nitrogen and oxygen atoms in total. The zero-order valence-electron chi connectivity index (χ0n) is 21.8. The Bertz CT molecular complexity index is 1120. The van der Waals surface area contributed by atoms with Crippen LogP contribution in [0, 0.1) is 12.8 Å². The second kappa shape index (κ2) is 11.9. The summed E-state index contributed by atoms with van der Waals surface area (Å²) in [6.07, 6.45) is 3.68. The minimum atomic E-state index is -4.43. The van der Waals surface area contributed by atoms with Crippen LogP contribution in [0.25, 0.3) is 0 Å². The molecule has 3 N–H and O–H groups in total. The van der Waals surface area contributed by atoms with Gasteiger partial charge in [0.05, 0.1) is 17.5 Å². The first-order valence-corrected chi connectivity index (χ1v) is 14.4. The minimum Gasteiger partial charge on any atom is -0.480 e. The molecule has 6 unspecified atom stereocenters. The van der Waals surface area contributed by atoms with Gasteiger partial charge in [-0.3, -0.25) is 19.5 Å². The molecule has 1 aliphatic carbocycles. The third-order valence-corrected chi connectivity index (χ3v) is 8.48. The van der Waals surface area contributed by atoms with Crippen molar-refractivity contribution in [1.29, 1.82) is 0 Å². The number of amides is 1. The highest BCUT2D eigenvalue weighted by Gasteiger charge is 2.52. The lowest BCUT2D eigenvalue weighted by atomic mass is 9.73. The molecule has 1 heterocycles. The Kier molecular flexibility index (Phi) is 9.36. The number of carbonyl (C=O) groups is 3. The van der Waals surface area contributed by atoms with Gasteiger partial charge in [0, 0.05) is 12.0 Å². The summed E-state index contributed by atoms with van der Waals surface area (Å²) in [7, 11) is -4.43. The largest absolute Gasteiger partial charge is 0.480 e. The molecule has 1 amide bonds. The van der Waals surface area contributed by atoms with Gasteiger partial charge in [0.25, 0.3) is 10.1 Å². The summed E-state index contributed by atoms with van der Waals surface area (Å²) in [4.78, 5) is 39.8. The van der Waals surface area contributed by atoms with Crippen molar-refractivity contribution in [1.82, 2.24) is 10.2 Å². The van der Waals surface area contributed by atoms with Crippen LogP contribution in [0.4, 0.5) is 0 Å². The predicted octanol–water partition coefficient (Wildman–Crippen LogP) is 2.89. The number of fused-ring (bicyclic) bond motifs is 1. The molecule has 206 valence electrons. The topological polar surface area (TPSA) is 150 Å². The maximum atomic E-state index is 13.8. The van der Waals surface area contributed by atoms with Crippen molar-refractivity contribution in [2.75, 3.05) is 6.61 Å². The Balaban J connectivity index is 1.98. The Hall–Kier alpha value is -2.50. The molecule has 1 saturated carbocycles. The van der Waals surface area contributed by atoms with Gasteiger partial charge in [-0.25, -0.2) is 4.79 Å². The maximum absolute atomic E-state index is 13.8. The molecule has 1 aromatic carbocycles. The molecule has 0 spiro atoms. The van der Waals surface area contributed by atoms with Gasteiger partial charge in [0.15, 0.2) is 0 Å². The van der Waals surface area contributed by atoms with Gasteiger partial charge >= 0.3 is 11.9 Å². The zero-order valence-corrected chi connectivity index (χ0v) is 22.7. The zero-order chi connectivity index (χ0) is 27.5. The SMILES string of the molecule is CCCC(NC(C)C(=O)N1C(C(=O)O)CC2CCCC(c3cc(S(=O)(=O)O)ccc3C)C21)C(=O)OCC. The van der Waals surface area contributed by atoms with Gasteiger partial charge in [-0.05, 0) is 75.6 Å². The first-order valence-electron chi connectivity index (χ1n) is 13.0. The fraction of sp³-hybridized carbons (Fsp3) is 0.654. The highest BCUT2D eigenvalue weighted by atomic mass is 32.2. The van der Waals surface area contributed by atoms with E-state index in [-0.39, 0.29) is 23.3 Å². The van der Waals surface area contributed by atoms with Gasteiger partial charge in [-0.2, -0.15) is 8.42 Å². The van der Waals surface area contributed by atoms with Crippen molar-refractivity contribution >= 4 is 28.0 Å². The van der Waals surface area contributed by atoms with E-state index in [0.717, 1.165) is 18.4 Å². The molecule has 1 aliphatic heterocycles. The van der Waals surface area contributed by atoms with Crippen LogP contribution < -0.4 is 5.32 Å². The van der Waals surface area contributed by atoms with Gasteiger partial charge in [0.2, 0.25) is 5.91 Å². The number of nitrogens with one attached hydrogen (secondary N) is 1. The molecule has 1 saturated heterocycles. The molecule has 0 bridgehead atoms. The monoisotopic (exact) mass is 538 g/mol. The number of carbonyl (C=O) groups excluding carboxylic acids is 2. The molecule has 2 aliphatic rings. The number of ether oxygens (including phenoxy) is 1. The van der Waals surface area contributed by atoms with Crippen molar-refractivity contribution in [2.24, 2.45) is 5.92 Å². The molecule has 37 heavy (non-hydrogen) atoms. The van der Waals surface area contributed by atoms with Crippen LogP contribution in [0.3, 0.4) is 0 Å². The Morgan fingerprint density at radius 1 is 1.22 bits per heavy atom. The van der Waals surface area contributed by atoms with E-state index in [1.807, 2.05) is 13.8 Å². The third kappa shape index (κ3) is 6.32. The van der Waals surface area contributed by atoms with Crippen LogP contribution in [-0.4, -0.2) is 71.6 Å². The fourth-order valence-electron chi connectivity index (χ4n) is 5.99. The summed E-state index contributed by atoms with van der Waals surface area (Å²) in [6, 6.07) is 1.39. The quantitative estimate of drug-likeness (QED) is 0.302. The van der Waals surface area contributed by atoms with E-state index in [4.69, 9.17) is 4.74 Å². The Labute approximate surface area is 218 Å². The molecule has 3 rings (SSSR count). The Morgan fingerprint density at radius 3 is 2.51 bits per heavy atom. The first kappa shape index (κ1) is 29.1. The average Bonchev–Trinajstić information content (AvgIpc) is 3.23. The third-order valence-electron chi connectivity index (χ3n) is 7.63. The van der Waals surface area contributed by atoms with Gasteiger partial charge in [-0.1, -0.05) is 25.8 Å². The van der Waals surface area contributed by atoms with Crippen LogP contribution in [0.2, 0.25) is 0 Å². The molecule has 1 aromatic rings. The summed E-state index contributed by atoms with van der Waals surface area (Å²) < 4.78 is 38.4. The van der Waals surface area contributed by atoms with E-state index in [2.05, 4.69) is 5.32 Å². The number of nitrogens with zero attached hydrogens (tertiary/aromatic N) is 1. The molecule has 2 fully saturated rings. The lowest BCUT2D eigenvalue weighted by Gasteiger charge is -2.41. The van der Waals surface area contributed by atoms with Gasteiger partial charge in [0.1, 0.15) is 12.1 Å². The number of carboxylic acids is 1. The summed E-state index contributed by atoms with van der Waals surface area (Å²) in [5, 5.41) is 13.1. The molecular weight excluding hydrogens is 500 g/mol. The van der Waals surface area contributed by atoms with E-state index in [0.29, 0.717) is 31.2 Å². The number of hydrogen-bond acceptors (Lipinski definition) is 7. The fourth-order valence-corrected chi connectivity index (χ4v) is 6.51. The molecule has 11 heteroatoms. The summed E-state index contributed by atoms with van der Waals surface area (Å²) in [5.74, 6) is -2.32. The summed E-state index contributed by atoms with van der Waals surface area (Å²) in [5.41, 5.74) is 1.49. The van der Waals surface area contributed by atoms with Crippen LogP contribution >= 0.6 is 0 Å². The number of esters is 1. The van der Waals surface area contributed by atoms with Crippen molar-refractivity contribution in [2.45, 2.75) is 101 Å². The van der Waals surface area contributed by atoms with Crippen LogP contribution in [0.15, 0.2) is 23.1 Å². The number of rotatable bonds is 10. The number of hydrogen-bond donors (Lipinski definition) is 3. The number of carboxylic acid groups (broad SMARTS) is 1. The highest BCUT2D eigenvalue weighted by molar-refractivity contribution is 7.85. The number of aliphatic carboxylic acids is 1. The average molecular weight is 539 g/mol. The van der Waals surface area contributed by atoms with Gasteiger partial charge in [-0.15, -0.1) is 0 Å². The summed E-state index contributed by atoms with van der Waals surface area (Å²) in [6.45, 7) is 7.30. The van der Waals surface area contributed by atoms with Crippen molar-refractivity contribution < 1.29 is 37.2 Å². The highest BCUT2D eigenvalue weighted by Crippen LogP contribution is 2.48. The van der Waals surface area contributed by atoms with E-state index in [1.165, 1.54) is 17.0 Å². The van der Waals surface area contributed by atoms with Crippen molar-refractivity contribution in [3.8, 4) is 0 Å². The normalized spacial score (nSPS) is 25.3. The lowest BCUT2D eigenvalue weighted by molar-refractivity contribution is -0.152. The molecule has 6 atom stereocenters. The van der Waals surface area contributed by atoms with E-state index < -0.39 is 52.1 Å². The van der Waals surface area contributed by atoms with Crippen molar-refractivity contribution in [3.63, 3.8) is 0 Å². The number of aryl methyl sites for hydroxylation is 1. The summed E-state index contributed by atoms with van der Waals surface area (Å²) >= 11 is 0. The second-order valence-electron chi connectivity index (χ2n) is 10.1. The van der Waals surface area contributed by atoms with Gasteiger partial charge < -0.3 is 14.7 Å². The van der Waals surface area contributed by atoms with E-state index in [9.17, 15) is 32.5 Å². The molecular formula is C26H38N2O8S. The standard InChI is InChI=1S/C26H38N2O8S/c1-5-8-21(26(32)36-6-2)27-16(4)24(29)28-22(25(30)31)13-17-9-7-10-19(23(17)28)20-14-18(37(33,34)35)12-11-15(20)3/h11-12,14,16-17,19,21-23,27H,5-10,13H2,1-4H3,(H,30,31)(H,33,34,35). The number of benzene rings is 1. The number of likely N-dealkylation sites (tertiary alicyclic amines) is 1. The second-order valence-corrected chi connectivity index (χ2v) is 11.5. The van der Waals surface area contributed by atoms with E-state index in [1.54, 1.807) is 19.9 Å². The smallest absolute Gasteiger partial charge is 0.326 e. The molecule has 0 aromatic heterocycles. The predicted molar refractivity (Wildman–Crippen MR) is 136 cm³/mol. The van der Waals surface area contributed by atoms with E-state index >= 15 is 0 Å². The molecule has 0 radical (unpaired) electrons. The van der Waals surface area contributed by atoms with Crippen LogP contribution in [-0.2, 0) is 29.2 Å². The maximum Gasteiger partial charge on any atom is 0.326 e. The first-order chi connectivity index (χ1) is 17.4. The Morgan fingerprint density at radius 2 is 1.92 bits per heavy atom. The van der Waals surface area contributed by atoms with Crippen LogP contribution in [0.1, 0.15) is 76.3 Å². The minimum absolute atomic E-state index is 0.0683. The van der Waals surface area contributed by atoms with Crippen molar-refractivity contribution in [3.05, 3.63) is 29.3 Å². The van der Waals surface area contributed by atoms with Crippen LogP contribution in [0.5, 0.6) is 0 Å². The lowest BCUT2D eigenvalue weighted by Crippen LogP contribution is -2.56.